The van der Waals surface area contributed by atoms with Crippen LogP contribution < -0.4 is 5.32 Å². The summed E-state index contributed by atoms with van der Waals surface area (Å²) in [5.41, 5.74) is 2.47. The maximum atomic E-state index is 4.38. The zero-order valence-corrected chi connectivity index (χ0v) is 13.1. The summed E-state index contributed by atoms with van der Waals surface area (Å²) in [6.07, 6.45) is 3.84. The number of imidazole rings is 1. The normalized spacial score (nSPS) is 10.9. The molecule has 0 saturated carbocycles. The van der Waals surface area contributed by atoms with Crippen LogP contribution in [0.3, 0.4) is 0 Å². The van der Waals surface area contributed by atoms with Crippen molar-refractivity contribution in [2.45, 2.75) is 20.8 Å². The zero-order valence-electron chi connectivity index (χ0n) is 10.9. The first-order chi connectivity index (χ1) is 8.59. The van der Waals surface area contributed by atoms with Gasteiger partial charge in [-0.1, -0.05) is 19.9 Å². The van der Waals surface area contributed by atoms with Crippen molar-refractivity contribution < 1.29 is 0 Å². The summed E-state index contributed by atoms with van der Waals surface area (Å²) < 4.78 is 3.38. The van der Waals surface area contributed by atoms with Crippen molar-refractivity contribution in [3.05, 3.63) is 39.7 Å². The Balaban J connectivity index is 2.33. The first kappa shape index (κ1) is 13.4. The van der Waals surface area contributed by atoms with Gasteiger partial charge in [0.2, 0.25) is 5.95 Å². The van der Waals surface area contributed by atoms with E-state index in [1.807, 2.05) is 12.4 Å². The monoisotopic (exact) mass is 355 g/mol. The number of nitrogens with zero attached hydrogens (tertiary/aromatic N) is 2. The van der Waals surface area contributed by atoms with Gasteiger partial charge in [0.1, 0.15) is 0 Å². The molecule has 96 valence electrons. The average Bonchev–Trinajstić information content (AvgIpc) is 2.78. The lowest BCUT2D eigenvalue weighted by Crippen LogP contribution is -2.12. The topological polar surface area (TPSA) is 29.9 Å². The lowest BCUT2D eigenvalue weighted by Gasteiger charge is -2.14. The van der Waals surface area contributed by atoms with Crippen LogP contribution in [-0.2, 0) is 0 Å². The number of benzene rings is 1. The summed E-state index contributed by atoms with van der Waals surface area (Å²) >= 11 is 2.36. The molecule has 1 aromatic carbocycles. The first-order valence-corrected chi connectivity index (χ1v) is 7.20. The van der Waals surface area contributed by atoms with Crippen LogP contribution in [0.15, 0.2) is 30.6 Å². The number of anilines is 1. The average molecular weight is 355 g/mol. The Hall–Kier alpha value is -1.04. The molecule has 1 aromatic heterocycles. The molecule has 3 nitrogen and oxygen atoms in total. The summed E-state index contributed by atoms with van der Waals surface area (Å²) in [6.45, 7) is 7.46. The van der Waals surface area contributed by atoms with Gasteiger partial charge in [-0.2, -0.15) is 0 Å². The molecule has 0 radical (unpaired) electrons. The van der Waals surface area contributed by atoms with Gasteiger partial charge in [-0.25, -0.2) is 4.98 Å². The molecule has 0 bridgehead atoms. The molecule has 0 saturated heterocycles. The molecule has 18 heavy (non-hydrogen) atoms. The first-order valence-electron chi connectivity index (χ1n) is 6.12. The fraction of sp³-hybridized carbons (Fsp3) is 0.357. The third-order valence-corrected chi connectivity index (χ3v) is 3.98. The minimum atomic E-state index is 0.604. The van der Waals surface area contributed by atoms with Gasteiger partial charge < -0.3 is 5.32 Å². The van der Waals surface area contributed by atoms with E-state index in [4.69, 9.17) is 0 Å². The fourth-order valence-corrected chi connectivity index (χ4v) is 2.27. The van der Waals surface area contributed by atoms with E-state index in [1.165, 1.54) is 14.8 Å². The second-order valence-electron chi connectivity index (χ2n) is 4.78. The number of hydrogen-bond donors (Lipinski definition) is 1. The Labute approximate surface area is 122 Å². The van der Waals surface area contributed by atoms with Gasteiger partial charge in [0, 0.05) is 22.5 Å². The van der Waals surface area contributed by atoms with Crippen molar-refractivity contribution in [2.75, 3.05) is 11.9 Å². The molecule has 0 amide bonds. The summed E-state index contributed by atoms with van der Waals surface area (Å²) in [4.78, 5) is 4.38. The molecule has 2 rings (SSSR count). The van der Waals surface area contributed by atoms with Gasteiger partial charge in [-0.05, 0) is 53.1 Å². The van der Waals surface area contributed by atoms with Crippen LogP contribution in [0.5, 0.6) is 0 Å². The highest BCUT2D eigenvalue weighted by molar-refractivity contribution is 14.1. The van der Waals surface area contributed by atoms with Gasteiger partial charge in [0.25, 0.3) is 0 Å². The van der Waals surface area contributed by atoms with E-state index in [9.17, 15) is 0 Å². The predicted molar refractivity (Wildman–Crippen MR) is 84.3 cm³/mol. The molecule has 0 aliphatic rings. The molecule has 4 heteroatoms. The van der Waals surface area contributed by atoms with Gasteiger partial charge >= 0.3 is 0 Å². The SMILES string of the molecule is Cc1c(I)cccc1-n1ccnc1NCC(C)C. The van der Waals surface area contributed by atoms with Crippen molar-refractivity contribution in [1.29, 1.82) is 0 Å². The molecular weight excluding hydrogens is 337 g/mol. The van der Waals surface area contributed by atoms with Crippen LogP contribution in [0.1, 0.15) is 19.4 Å². The van der Waals surface area contributed by atoms with Crippen molar-refractivity contribution in [3.63, 3.8) is 0 Å². The molecule has 2 aromatic rings. The molecule has 0 fully saturated rings. The molecule has 0 atom stereocenters. The molecule has 0 spiro atoms. The van der Waals surface area contributed by atoms with Crippen molar-refractivity contribution >= 4 is 28.5 Å². The summed E-state index contributed by atoms with van der Waals surface area (Å²) in [5.74, 6) is 1.51. The molecule has 1 N–H and O–H groups in total. The van der Waals surface area contributed by atoms with Crippen molar-refractivity contribution in [1.82, 2.24) is 9.55 Å². The van der Waals surface area contributed by atoms with E-state index >= 15 is 0 Å². The summed E-state index contributed by atoms with van der Waals surface area (Å²) in [6, 6.07) is 6.33. The van der Waals surface area contributed by atoms with Gasteiger partial charge in [-0.3, -0.25) is 4.57 Å². The molecule has 1 heterocycles. The van der Waals surface area contributed by atoms with Crippen LogP contribution in [0.25, 0.3) is 5.69 Å². The number of hydrogen-bond acceptors (Lipinski definition) is 2. The van der Waals surface area contributed by atoms with Crippen LogP contribution in [0.2, 0.25) is 0 Å². The fourth-order valence-electron chi connectivity index (χ4n) is 1.78. The van der Waals surface area contributed by atoms with E-state index in [2.05, 4.69) is 76.4 Å². The lowest BCUT2D eigenvalue weighted by molar-refractivity contribution is 0.683. The maximum absolute atomic E-state index is 4.38. The maximum Gasteiger partial charge on any atom is 0.207 e. The number of halogens is 1. The number of rotatable bonds is 4. The molecule has 0 aliphatic carbocycles. The third kappa shape index (κ3) is 2.85. The molecule has 0 unspecified atom stereocenters. The Morgan fingerprint density at radius 2 is 2.17 bits per heavy atom. The lowest BCUT2D eigenvalue weighted by atomic mass is 10.2. The van der Waals surface area contributed by atoms with E-state index in [0.717, 1.165) is 12.5 Å². The van der Waals surface area contributed by atoms with Crippen LogP contribution in [0, 0.1) is 16.4 Å². The molecule has 0 aliphatic heterocycles. The number of nitrogens with one attached hydrogen (secondary N) is 1. The van der Waals surface area contributed by atoms with Gasteiger partial charge in [0.05, 0.1) is 5.69 Å². The quantitative estimate of drug-likeness (QED) is 0.845. The van der Waals surface area contributed by atoms with E-state index < -0.39 is 0 Å². The zero-order chi connectivity index (χ0) is 13.1. The summed E-state index contributed by atoms with van der Waals surface area (Å²) in [5, 5.41) is 3.39. The molecular formula is C14H18IN3. The van der Waals surface area contributed by atoms with E-state index in [-0.39, 0.29) is 0 Å². The second-order valence-corrected chi connectivity index (χ2v) is 5.94. The standard InChI is InChI=1S/C14H18IN3/c1-10(2)9-17-14-16-7-8-18(14)13-6-4-5-12(15)11(13)3/h4-8,10H,9H2,1-3H3,(H,16,17). The van der Waals surface area contributed by atoms with E-state index in [1.54, 1.807) is 0 Å². The second kappa shape index (κ2) is 5.73. The third-order valence-electron chi connectivity index (χ3n) is 2.81. The van der Waals surface area contributed by atoms with Crippen LogP contribution in [0.4, 0.5) is 5.95 Å². The predicted octanol–water partition coefficient (Wildman–Crippen LogP) is 3.85. The summed E-state index contributed by atoms with van der Waals surface area (Å²) in [7, 11) is 0. The highest BCUT2D eigenvalue weighted by atomic mass is 127. The Morgan fingerprint density at radius 1 is 1.39 bits per heavy atom. The van der Waals surface area contributed by atoms with Crippen molar-refractivity contribution in [2.24, 2.45) is 5.92 Å². The Bertz CT molecular complexity index is 532. The van der Waals surface area contributed by atoms with Crippen LogP contribution >= 0.6 is 22.6 Å². The largest absolute Gasteiger partial charge is 0.355 e. The number of aromatic nitrogens is 2. The van der Waals surface area contributed by atoms with Gasteiger partial charge in [0.15, 0.2) is 0 Å². The minimum Gasteiger partial charge on any atom is -0.355 e. The Kier molecular flexibility index (Phi) is 4.27. The van der Waals surface area contributed by atoms with E-state index in [0.29, 0.717) is 5.92 Å². The Morgan fingerprint density at radius 3 is 2.89 bits per heavy atom. The van der Waals surface area contributed by atoms with Crippen LogP contribution in [-0.4, -0.2) is 16.1 Å². The highest BCUT2D eigenvalue weighted by Crippen LogP contribution is 2.22. The van der Waals surface area contributed by atoms with Crippen molar-refractivity contribution in [3.8, 4) is 5.69 Å². The smallest absolute Gasteiger partial charge is 0.207 e. The highest BCUT2D eigenvalue weighted by Gasteiger charge is 2.08. The minimum absolute atomic E-state index is 0.604. The van der Waals surface area contributed by atoms with Gasteiger partial charge in [-0.15, -0.1) is 0 Å².